The molecule has 0 saturated heterocycles. The van der Waals surface area contributed by atoms with Gasteiger partial charge in [0.25, 0.3) is 0 Å². The van der Waals surface area contributed by atoms with E-state index in [1.165, 1.54) is 0 Å². The first-order chi connectivity index (χ1) is 9.10. The minimum atomic E-state index is 0.381. The van der Waals surface area contributed by atoms with E-state index < -0.39 is 0 Å². The molecule has 0 bridgehead atoms. The third kappa shape index (κ3) is 3.73. The minimum absolute atomic E-state index is 0.381. The zero-order valence-electron chi connectivity index (χ0n) is 9.66. The zero-order valence-corrected chi connectivity index (χ0v) is 13.6. The summed E-state index contributed by atoms with van der Waals surface area (Å²) in [5.74, 6) is 0.542. The summed E-state index contributed by atoms with van der Waals surface area (Å²) in [6.45, 7) is 0.381. The van der Waals surface area contributed by atoms with E-state index in [1.54, 1.807) is 6.07 Å². The molecule has 0 atom stereocenters. The van der Waals surface area contributed by atoms with Crippen LogP contribution >= 0.6 is 43.5 Å². The second kappa shape index (κ2) is 6.42. The maximum absolute atomic E-state index is 9.11. The highest BCUT2D eigenvalue weighted by Gasteiger charge is 2.10. The molecule has 0 heterocycles. The van der Waals surface area contributed by atoms with Crippen LogP contribution < -0.4 is 4.74 Å². The van der Waals surface area contributed by atoms with Crippen LogP contribution in [0.25, 0.3) is 0 Å². The van der Waals surface area contributed by atoms with Gasteiger partial charge in [-0.15, -0.1) is 0 Å². The molecular formula is C14H8Br2ClNO. The summed E-state index contributed by atoms with van der Waals surface area (Å²) in [6.07, 6.45) is 0. The van der Waals surface area contributed by atoms with Crippen molar-refractivity contribution < 1.29 is 4.74 Å². The average Bonchev–Trinajstić information content (AvgIpc) is 2.39. The quantitative estimate of drug-likeness (QED) is 0.698. The van der Waals surface area contributed by atoms with Gasteiger partial charge in [-0.25, -0.2) is 0 Å². The van der Waals surface area contributed by atoms with Gasteiger partial charge in [-0.1, -0.05) is 39.7 Å². The van der Waals surface area contributed by atoms with Gasteiger partial charge in [0.1, 0.15) is 12.7 Å². The highest BCUT2D eigenvalue weighted by molar-refractivity contribution is 9.11. The number of halogens is 3. The second-order valence-corrected chi connectivity index (χ2v) is 6.00. The molecule has 19 heavy (non-hydrogen) atoms. The maximum Gasteiger partial charge on any atom is 0.151 e. The molecule has 2 aromatic carbocycles. The van der Waals surface area contributed by atoms with E-state index in [2.05, 4.69) is 37.9 Å². The summed E-state index contributed by atoms with van der Waals surface area (Å²) >= 11 is 12.6. The number of hydrogen-bond donors (Lipinski definition) is 0. The number of ether oxygens (including phenoxy) is 1. The number of benzene rings is 2. The van der Waals surface area contributed by atoms with E-state index in [9.17, 15) is 0 Å². The van der Waals surface area contributed by atoms with E-state index >= 15 is 0 Å². The predicted molar refractivity (Wildman–Crippen MR) is 82.3 cm³/mol. The highest BCUT2D eigenvalue weighted by atomic mass is 79.9. The van der Waals surface area contributed by atoms with Crippen LogP contribution in [0, 0.1) is 11.3 Å². The van der Waals surface area contributed by atoms with Crippen molar-refractivity contribution in [2.24, 2.45) is 0 Å². The molecule has 2 aromatic rings. The topological polar surface area (TPSA) is 33.0 Å². The molecule has 0 amide bonds. The van der Waals surface area contributed by atoms with Gasteiger partial charge in [0.15, 0.2) is 5.75 Å². The average molecular weight is 401 g/mol. The lowest BCUT2D eigenvalue weighted by Crippen LogP contribution is -1.98. The fourth-order valence-corrected chi connectivity index (χ4v) is 2.99. The lowest BCUT2D eigenvalue weighted by Gasteiger charge is -2.10. The van der Waals surface area contributed by atoms with Crippen molar-refractivity contribution in [3.05, 3.63) is 61.5 Å². The molecule has 0 aliphatic carbocycles. The lowest BCUT2D eigenvalue weighted by molar-refractivity contribution is 0.303. The van der Waals surface area contributed by atoms with Crippen molar-refractivity contribution in [2.75, 3.05) is 0 Å². The minimum Gasteiger partial charge on any atom is -0.486 e. The van der Waals surface area contributed by atoms with Gasteiger partial charge in [-0.3, -0.25) is 0 Å². The number of nitrogens with zero attached hydrogens (tertiary/aromatic N) is 1. The fourth-order valence-electron chi connectivity index (χ4n) is 1.53. The summed E-state index contributed by atoms with van der Waals surface area (Å²) in [5, 5.41) is 9.80. The van der Waals surface area contributed by atoms with E-state index in [0.29, 0.717) is 22.9 Å². The van der Waals surface area contributed by atoms with Crippen LogP contribution in [0.15, 0.2) is 45.3 Å². The van der Waals surface area contributed by atoms with Gasteiger partial charge >= 0.3 is 0 Å². The molecular weight excluding hydrogens is 393 g/mol. The van der Waals surface area contributed by atoms with Crippen molar-refractivity contribution >= 4 is 43.5 Å². The Balaban J connectivity index is 2.20. The molecule has 0 aromatic heterocycles. The monoisotopic (exact) mass is 399 g/mol. The first-order valence-corrected chi connectivity index (χ1v) is 7.33. The summed E-state index contributed by atoms with van der Waals surface area (Å²) in [4.78, 5) is 0. The Bertz CT molecular complexity index is 635. The maximum atomic E-state index is 9.11. The first-order valence-electron chi connectivity index (χ1n) is 5.36. The van der Waals surface area contributed by atoms with Gasteiger partial charge in [0.2, 0.25) is 0 Å². The Hall–Kier alpha value is -1.02. The van der Waals surface area contributed by atoms with Crippen molar-refractivity contribution in [3.8, 4) is 11.8 Å². The molecule has 0 aliphatic heterocycles. The lowest BCUT2D eigenvalue weighted by atomic mass is 10.2. The van der Waals surface area contributed by atoms with Gasteiger partial charge in [-0.05, 0) is 45.8 Å². The highest BCUT2D eigenvalue weighted by Crippen LogP contribution is 2.33. The standard InChI is InChI=1S/C14H8Br2ClNO/c15-11-5-10(7-18)14(13(16)6-11)19-8-9-1-3-12(17)4-2-9/h1-6H,8H2. The second-order valence-electron chi connectivity index (χ2n) is 3.79. The fraction of sp³-hybridized carbons (Fsp3) is 0.0714. The largest absolute Gasteiger partial charge is 0.486 e. The van der Waals surface area contributed by atoms with Crippen molar-refractivity contribution in [3.63, 3.8) is 0 Å². The molecule has 0 fully saturated rings. The van der Waals surface area contributed by atoms with Crippen LogP contribution in [0.5, 0.6) is 5.75 Å². The summed E-state index contributed by atoms with van der Waals surface area (Å²) < 4.78 is 7.28. The Morgan fingerprint density at radius 3 is 2.47 bits per heavy atom. The third-order valence-electron chi connectivity index (χ3n) is 2.43. The van der Waals surface area contributed by atoms with E-state index in [0.717, 1.165) is 14.5 Å². The summed E-state index contributed by atoms with van der Waals surface area (Å²) in [7, 11) is 0. The Morgan fingerprint density at radius 1 is 1.16 bits per heavy atom. The van der Waals surface area contributed by atoms with E-state index in [1.807, 2.05) is 30.3 Å². The van der Waals surface area contributed by atoms with Crippen molar-refractivity contribution in [2.45, 2.75) is 6.61 Å². The van der Waals surface area contributed by atoms with Crippen LogP contribution in [0.3, 0.4) is 0 Å². The Morgan fingerprint density at radius 2 is 1.84 bits per heavy atom. The molecule has 2 rings (SSSR count). The molecule has 0 N–H and O–H groups in total. The third-order valence-corrected chi connectivity index (χ3v) is 3.72. The van der Waals surface area contributed by atoms with Gasteiger partial charge in [-0.2, -0.15) is 5.26 Å². The number of rotatable bonds is 3. The normalized spacial score (nSPS) is 10.0. The Labute approximate surface area is 133 Å². The first kappa shape index (κ1) is 14.4. The zero-order chi connectivity index (χ0) is 13.8. The van der Waals surface area contributed by atoms with Gasteiger partial charge < -0.3 is 4.74 Å². The van der Waals surface area contributed by atoms with Crippen LogP contribution in [0.1, 0.15) is 11.1 Å². The smallest absolute Gasteiger partial charge is 0.151 e. The SMILES string of the molecule is N#Cc1cc(Br)cc(Br)c1OCc1ccc(Cl)cc1. The predicted octanol–water partition coefficient (Wildman–Crippen LogP) is 5.32. The number of nitriles is 1. The van der Waals surface area contributed by atoms with E-state index in [4.69, 9.17) is 21.6 Å². The molecule has 0 aliphatic rings. The molecule has 0 saturated carbocycles. The molecule has 0 radical (unpaired) electrons. The molecule has 5 heteroatoms. The Kier molecular flexibility index (Phi) is 4.87. The van der Waals surface area contributed by atoms with Gasteiger partial charge in [0, 0.05) is 9.50 Å². The van der Waals surface area contributed by atoms with E-state index in [-0.39, 0.29) is 0 Å². The van der Waals surface area contributed by atoms with Crippen molar-refractivity contribution in [1.82, 2.24) is 0 Å². The van der Waals surface area contributed by atoms with Crippen molar-refractivity contribution in [1.29, 1.82) is 5.26 Å². The van der Waals surface area contributed by atoms with Crippen LogP contribution in [-0.4, -0.2) is 0 Å². The summed E-state index contributed by atoms with van der Waals surface area (Å²) in [5.41, 5.74) is 1.47. The van der Waals surface area contributed by atoms with Crippen LogP contribution in [-0.2, 0) is 6.61 Å². The molecule has 96 valence electrons. The number of hydrogen-bond acceptors (Lipinski definition) is 2. The summed E-state index contributed by atoms with van der Waals surface area (Å²) in [6, 6.07) is 13.1. The van der Waals surface area contributed by atoms with Crippen LogP contribution in [0.4, 0.5) is 0 Å². The molecule has 2 nitrogen and oxygen atoms in total. The molecule has 0 unspecified atom stereocenters. The van der Waals surface area contributed by atoms with Crippen LogP contribution in [0.2, 0.25) is 5.02 Å². The molecule has 0 spiro atoms. The van der Waals surface area contributed by atoms with Gasteiger partial charge in [0.05, 0.1) is 10.0 Å².